The second-order valence-electron chi connectivity index (χ2n) is 21.5. The van der Waals surface area contributed by atoms with E-state index >= 15 is 0 Å². The number of para-hydroxylation sites is 1. The Morgan fingerprint density at radius 3 is 1.81 bits per heavy atom. The molecule has 0 bridgehead atoms. The molecule has 0 aliphatic carbocycles. The number of hydrogen-bond donors (Lipinski definition) is 0. The van der Waals surface area contributed by atoms with E-state index in [1.54, 1.807) is 0 Å². The van der Waals surface area contributed by atoms with Crippen LogP contribution in [0.15, 0.2) is 182 Å². The SMILES string of the molecule is CC(C)(C)c1cc(-[n+]2[c-]n(-c3[c-]c(Oc4[c-]c5c(c(C(C)(C)c6ccccc6)c4)c4ccccc4n5-c4cc(C(C)(C)C)ccn4)ccc3)c(-c3ccccc3)c2)cc(C(C)(C)c2ccccc2)c1.[Pt]. The van der Waals surface area contributed by atoms with E-state index in [1.807, 2.05) is 18.3 Å². The Morgan fingerprint density at radius 2 is 1.14 bits per heavy atom. The molecule has 354 valence electrons. The van der Waals surface area contributed by atoms with Crippen molar-refractivity contribution in [3.63, 3.8) is 0 Å². The van der Waals surface area contributed by atoms with E-state index in [2.05, 4.69) is 265 Å². The molecule has 3 aromatic heterocycles. The molecule has 3 heterocycles. The summed E-state index contributed by atoms with van der Waals surface area (Å²) in [7, 11) is 0. The number of rotatable bonds is 10. The van der Waals surface area contributed by atoms with Gasteiger partial charge < -0.3 is 13.9 Å². The molecule has 10 aromatic rings. The summed E-state index contributed by atoms with van der Waals surface area (Å²) < 4.78 is 13.5. The van der Waals surface area contributed by atoms with E-state index in [9.17, 15) is 0 Å². The van der Waals surface area contributed by atoms with Crippen LogP contribution in [0.25, 0.3) is 50.3 Å². The molecule has 0 N–H and O–H groups in total. The Bertz CT molecular complexity index is 3480. The number of nitrogens with zero attached hydrogens (tertiary/aromatic N) is 4. The van der Waals surface area contributed by atoms with E-state index in [0.717, 1.165) is 55.8 Å². The third-order valence-corrected chi connectivity index (χ3v) is 13.9. The van der Waals surface area contributed by atoms with E-state index in [0.29, 0.717) is 11.5 Å². The maximum absolute atomic E-state index is 6.99. The second-order valence-corrected chi connectivity index (χ2v) is 21.5. The van der Waals surface area contributed by atoms with Gasteiger partial charge in [0.25, 0.3) is 6.33 Å². The maximum Gasteiger partial charge on any atom is 0.267 e. The van der Waals surface area contributed by atoms with Crippen LogP contribution < -0.4 is 9.30 Å². The zero-order valence-corrected chi connectivity index (χ0v) is 44.1. The molecule has 0 unspecified atom stereocenters. The van der Waals surface area contributed by atoms with Gasteiger partial charge in [-0.15, -0.1) is 29.8 Å². The van der Waals surface area contributed by atoms with Crippen molar-refractivity contribution in [3.8, 4) is 39.9 Å². The summed E-state index contributed by atoms with van der Waals surface area (Å²) in [6.45, 7) is 22.8. The van der Waals surface area contributed by atoms with Gasteiger partial charge in [0.1, 0.15) is 5.82 Å². The standard InChI is InChI=1S/C64H60N4O.Pt/c1-61(2,3)47-33-34-65-59(38-47)68-56-32-21-20-31-54(56)60-55(64(9,10)46-27-18-13-19-28-46)40-53(41-57(60)68)69-52-30-22-29-50(39-52)67-43-66(42-58(67)44-23-14-11-15-24-44)51-36-48(62(4,5)6)35-49(37-51)63(7,8)45-25-16-12-17-26-45;/h11-38,40,42H,1-10H3;/q-2;. The molecular formula is C64H60N4OPt-2. The first kappa shape index (κ1) is 48.2. The van der Waals surface area contributed by atoms with E-state index in [1.165, 1.54) is 27.8 Å². The summed E-state index contributed by atoms with van der Waals surface area (Å²) in [5.74, 6) is 2.00. The Labute approximate surface area is 428 Å². The normalized spacial score (nSPS) is 12.3. The number of hydrogen-bond acceptors (Lipinski definition) is 2. The van der Waals surface area contributed by atoms with Crippen molar-refractivity contribution in [1.29, 1.82) is 0 Å². The molecule has 0 radical (unpaired) electrons. The van der Waals surface area contributed by atoms with E-state index in [4.69, 9.17) is 9.72 Å². The molecule has 0 spiro atoms. The molecule has 0 aliphatic heterocycles. The molecule has 0 fully saturated rings. The fourth-order valence-corrected chi connectivity index (χ4v) is 9.60. The molecule has 10 rings (SSSR count). The first-order chi connectivity index (χ1) is 33.0. The van der Waals surface area contributed by atoms with Crippen LogP contribution in [-0.2, 0) is 42.7 Å². The first-order valence-electron chi connectivity index (χ1n) is 24.0. The number of pyridine rings is 1. The number of ether oxygens (including phenoxy) is 1. The van der Waals surface area contributed by atoms with Crippen LogP contribution in [0.4, 0.5) is 0 Å². The summed E-state index contributed by atoms with van der Waals surface area (Å²) in [5, 5.41) is 2.26. The van der Waals surface area contributed by atoms with Crippen LogP contribution in [0.2, 0.25) is 0 Å². The van der Waals surface area contributed by atoms with Crippen LogP contribution in [0, 0.1) is 18.5 Å². The van der Waals surface area contributed by atoms with Gasteiger partial charge >= 0.3 is 0 Å². The zero-order chi connectivity index (χ0) is 48.3. The van der Waals surface area contributed by atoms with Crippen molar-refractivity contribution < 1.29 is 30.4 Å². The molecule has 0 saturated carbocycles. The summed E-state index contributed by atoms with van der Waals surface area (Å²) in [6, 6.07) is 67.6. The van der Waals surface area contributed by atoms with Gasteiger partial charge in [0.05, 0.1) is 11.4 Å². The quantitative estimate of drug-likeness (QED) is 0.101. The first-order valence-corrected chi connectivity index (χ1v) is 24.0. The van der Waals surface area contributed by atoms with Crippen molar-refractivity contribution in [1.82, 2.24) is 14.1 Å². The van der Waals surface area contributed by atoms with Gasteiger partial charge in [-0.3, -0.25) is 4.57 Å². The molecule has 5 nitrogen and oxygen atoms in total. The Morgan fingerprint density at radius 1 is 0.529 bits per heavy atom. The molecule has 0 aliphatic rings. The van der Waals surface area contributed by atoms with Crippen LogP contribution in [0.1, 0.15) is 103 Å². The molecule has 6 heteroatoms. The van der Waals surface area contributed by atoms with Gasteiger partial charge in [-0.1, -0.05) is 195 Å². The molecular weight excluding hydrogens is 1040 g/mol. The minimum atomic E-state index is -0.410. The smallest absolute Gasteiger partial charge is 0.267 e. The summed E-state index contributed by atoms with van der Waals surface area (Å²) >= 11 is 0. The molecule has 70 heavy (non-hydrogen) atoms. The average molecular weight is 1100 g/mol. The van der Waals surface area contributed by atoms with Gasteiger partial charge in [0.15, 0.2) is 0 Å². The Balaban J connectivity index is 0.00000608. The van der Waals surface area contributed by atoms with Crippen molar-refractivity contribution >= 4 is 21.8 Å². The number of aromatic nitrogens is 4. The molecule has 7 aromatic carbocycles. The average Bonchev–Trinajstić information content (AvgIpc) is 3.95. The van der Waals surface area contributed by atoms with Crippen molar-refractivity contribution in [2.45, 2.75) is 90.9 Å². The van der Waals surface area contributed by atoms with Gasteiger partial charge in [0.2, 0.25) is 0 Å². The largest absolute Gasteiger partial charge is 0.510 e. The van der Waals surface area contributed by atoms with E-state index in [-0.39, 0.29) is 37.3 Å². The van der Waals surface area contributed by atoms with Gasteiger partial charge in [-0.05, 0) is 91.0 Å². The topological polar surface area (TPSA) is 35.9 Å². The zero-order valence-electron chi connectivity index (χ0n) is 41.8. The van der Waals surface area contributed by atoms with Crippen molar-refractivity contribution in [2.75, 3.05) is 0 Å². The number of benzene rings is 7. The minimum Gasteiger partial charge on any atom is -0.510 e. The Hall–Kier alpha value is -6.81. The van der Waals surface area contributed by atoms with Crippen LogP contribution >= 0.6 is 0 Å². The summed E-state index contributed by atoms with van der Waals surface area (Å²) in [6.07, 6.45) is 7.86. The second kappa shape index (κ2) is 18.5. The third-order valence-electron chi connectivity index (χ3n) is 13.9. The van der Waals surface area contributed by atoms with Gasteiger partial charge in [-0.2, -0.15) is 12.1 Å². The summed E-state index contributed by atoms with van der Waals surface area (Å²) in [5.41, 5.74) is 12.4. The predicted molar refractivity (Wildman–Crippen MR) is 282 cm³/mol. The monoisotopic (exact) mass is 1100 g/mol. The van der Waals surface area contributed by atoms with Crippen molar-refractivity contribution in [3.05, 3.63) is 234 Å². The minimum absolute atomic E-state index is 0. The molecule has 0 atom stereocenters. The third kappa shape index (κ3) is 9.09. The van der Waals surface area contributed by atoms with Crippen LogP contribution in [0.3, 0.4) is 0 Å². The number of imidazole rings is 1. The predicted octanol–water partition coefficient (Wildman–Crippen LogP) is 15.4. The molecule has 0 saturated heterocycles. The Kier molecular flexibility index (Phi) is 12.7. The van der Waals surface area contributed by atoms with Crippen molar-refractivity contribution in [2.24, 2.45) is 0 Å². The van der Waals surface area contributed by atoms with E-state index < -0.39 is 5.41 Å². The fraction of sp³-hybridized carbons (Fsp3) is 0.219. The van der Waals surface area contributed by atoms with Crippen LogP contribution in [0.5, 0.6) is 11.5 Å². The van der Waals surface area contributed by atoms with Crippen LogP contribution in [-0.4, -0.2) is 14.1 Å². The molecule has 0 amide bonds. The van der Waals surface area contributed by atoms with Gasteiger partial charge in [0, 0.05) is 55.9 Å². The maximum atomic E-state index is 6.99. The number of fused-ring (bicyclic) bond motifs is 3. The van der Waals surface area contributed by atoms with Gasteiger partial charge in [-0.25, -0.2) is 4.98 Å². The fourth-order valence-electron chi connectivity index (χ4n) is 9.60. The summed E-state index contributed by atoms with van der Waals surface area (Å²) in [4.78, 5) is 5.00.